The number of para-hydroxylation sites is 2. The lowest BCUT2D eigenvalue weighted by atomic mass is 10.3. The maximum Gasteiger partial charge on any atom is 0.130 e. The van der Waals surface area contributed by atoms with Gasteiger partial charge in [0.1, 0.15) is 17.5 Å². The van der Waals surface area contributed by atoms with Crippen LogP contribution in [0.15, 0.2) is 36.5 Å². The summed E-state index contributed by atoms with van der Waals surface area (Å²) in [7, 11) is 0. The Morgan fingerprint density at radius 1 is 1.15 bits per heavy atom. The Morgan fingerprint density at radius 2 is 2.00 bits per heavy atom. The lowest BCUT2D eigenvalue weighted by molar-refractivity contribution is 0.727. The molecule has 102 valence electrons. The molecule has 0 bridgehead atoms. The van der Waals surface area contributed by atoms with Gasteiger partial charge >= 0.3 is 0 Å². The monoisotopic (exact) mass is 267 g/mol. The molecule has 3 rings (SSSR count). The number of aromatic nitrogens is 4. The van der Waals surface area contributed by atoms with Crippen molar-refractivity contribution in [3.05, 3.63) is 48.2 Å². The first-order chi connectivity index (χ1) is 9.78. The maximum atomic E-state index is 4.68. The van der Waals surface area contributed by atoms with Gasteiger partial charge < -0.3 is 9.88 Å². The van der Waals surface area contributed by atoms with Gasteiger partial charge in [-0.25, -0.2) is 15.0 Å². The average molecular weight is 267 g/mol. The second-order valence-corrected chi connectivity index (χ2v) is 4.60. The third-order valence-corrected chi connectivity index (χ3v) is 3.25. The minimum absolute atomic E-state index is 0.652. The number of nitrogens with one attached hydrogen (secondary N) is 1. The maximum absolute atomic E-state index is 4.68. The molecule has 0 spiro atoms. The Hall–Kier alpha value is -2.43. The predicted octanol–water partition coefficient (Wildman–Crippen LogP) is 2.77. The summed E-state index contributed by atoms with van der Waals surface area (Å²) in [6.07, 6.45) is 1.76. The zero-order chi connectivity index (χ0) is 13.9. The lowest BCUT2D eigenvalue weighted by Crippen LogP contribution is -2.09. The van der Waals surface area contributed by atoms with Crippen LogP contribution in [0.1, 0.15) is 18.6 Å². The first kappa shape index (κ1) is 12.6. The van der Waals surface area contributed by atoms with Crippen molar-refractivity contribution in [3.8, 4) is 0 Å². The zero-order valence-electron chi connectivity index (χ0n) is 11.7. The van der Waals surface area contributed by atoms with Crippen LogP contribution in [0.4, 0.5) is 5.82 Å². The number of aryl methyl sites for hydroxylation is 2. The predicted molar refractivity (Wildman–Crippen MR) is 79.5 cm³/mol. The fourth-order valence-corrected chi connectivity index (χ4v) is 2.34. The van der Waals surface area contributed by atoms with E-state index in [-0.39, 0.29) is 0 Å². The van der Waals surface area contributed by atoms with E-state index in [2.05, 4.69) is 37.8 Å². The lowest BCUT2D eigenvalue weighted by Gasteiger charge is -2.08. The van der Waals surface area contributed by atoms with Gasteiger partial charge in [0, 0.05) is 12.7 Å². The molecular weight excluding hydrogens is 250 g/mol. The average Bonchev–Trinajstić information content (AvgIpc) is 2.82. The Kier molecular flexibility index (Phi) is 3.33. The van der Waals surface area contributed by atoms with E-state index in [9.17, 15) is 0 Å². The van der Waals surface area contributed by atoms with Gasteiger partial charge in [0.05, 0.1) is 17.6 Å². The Bertz CT molecular complexity index is 732. The van der Waals surface area contributed by atoms with E-state index in [1.807, 2.05) is 31.2 Å². The number of hydrogen-bond acceptors (Lipinski definition) is 4. The smallest absolute Gasteiger partial charge is 0.130 e. The van der Waals surface area contributed by atoms with Crippen LogP contribution in [0.25, 0.3) is 11.0 Å². The fourth-order valence-electron chi connectivity index (χ4n) is 2.34. The standard InChI is InChI=1S/C15H17N5/c1-3-20-13-7-5-4-6-12(13)19-15(20)10-17-14-8-9-16-11(2)18-14/h4-9H,3,10H2,1-2H3,(H,16,17,18). The molecule has 3 aromatic rings. The summed E-state index contributed by atoms with van der Waals surface area (Å²) in [6.45, 7) is 5.57. The minimum atomic E-state index is 0.652. The molecule has 2 aromatic heterocycles. The number of anilines is 1. The third kappa shape index (κ3) is 2.34. The Labute approximate surface area is 117 Å². The molecule has 0 aliphatic heterocycles. The molecule has 20 heavy (non-hydrogen) atoms. The first-order valence-electron chi connectivity index (χ1n) is 6.75. The van der Waals surface area contributed by atoms with Gasteiger partial charge in [0.15, 0.2) is 0 Å². The van der Waals surface area contributed by atoms with E-state index >= 15 is 0 Å². The van der Waals surface area contributed by atoms with Crippen molar-refractivity contribution in [1.82, 2.24) is 19.5 Å². The molecule has 0 saturated carbocycles. The van der Waals surface area contributed by atoms with E-state index in [0.717, 1.165) is 29.5 Å². The summed E-state index contributed by atoms with van der Waals surface area (Å²) < 4.78 is 2.22. The van der Waals surface area contributed by atoms with Gasteiger partial charge in [-0.3, -0.25) is 0 Å². The minimum Gasteiger partial charge on any atom is -0.363 e. The molecule has 5 nitrogen and oxygen atoms in total. The van der Waals surface area contributed by atoms with Crippen LogP contribution >= 0.6 is 0 Å². The second kappa shape index (κ2) is 5.28. The van der Waals surface area contributed by atoms with Crippen molar-refractivity contribution in [1.29, 1.82) is 0 Å². The summed E-state index contributed by atoms with van der Waals surface area (Å²) >= 11 is 0. The van der Waals surface area contributed by atoms with Gasteiger partial charge in [0.25, 0.3) is 0 Å². The SMILES string of the molecule is CCn1c(CNc2ccnc(C)n2)nc2ccccc21. The number of benzene rings is 1. The summed E-state index contributed by atoms with van der Waals surface area (Å²) in [5.74, 6) is 2.61. The van der Waals surface area contributed by atoms with Gasteiger partial charge in [-0.05, 0) is 32.0 Å². The van der Waals surface area contributed by atoms with E-state index in [1.165, 1.54) is 5.52 Å². The van der Waals surface area contributed by atoms with Crippen LogP contribution in [-0.2, 0) is 13.1 Å². The number of hydrogen-bond donors (Lipinski definition) is 1. The topological polar surface area (TPSA) is 55.6 Å². The van der Waals surface area contributed by atoms with Crippen molar-refractivity contribution in [2.75, 3.05) is 5.32 Å². The van der Waals surface area contributed by atoms with Crippen LogP contribution in [0.2, 0.25) is 0 Å². The van der Waals surface area contributed by atoms with Gasteiger partial charge in [-0.15, -0.1) is 0 Å². The van der Waals surface area contributed by atoms with Crippen molar-refractivity contribution < 1.29 is 0 Å². The molecular formula is C15H17N5. The fraction of sp³-hybridized carbons (Fsp3) is 0.267. The molecule has 0 fully saturated rings. The number of imidazole rings is 1. The van der Waals surface area contributed by atoms with Crippen molar-refractivity contribution >= 4 is 16.9 Å². The van der Waals surface area contributed by atoms with Crippen molar-refractivity contribution in [3.63, 3.8) is 0 Å². The molecule has 1 aromatic carbocycles. The van der Waals surface area contributed by atoms with Gasteiger partial charge in [-0.2, -0.15) is 0 Å². The molecule has 0 aliphatic carbocycles. The zero-order valence-corrected chi connectivity index (χ0v) is 11.7. The molecule has 0 saturated heterocycles. The number of nitrogens with zero attached hydrogens (tertiary/aromatic N) is 4. The molecule has 0 atom stereocenters. The highest BCUT2D eigenvalue weighted by Gasteiger charge is 2.08. The summed E-state index contributed by atoms with van der Waals surface area (Å²) in [5, 5.41) is 3.30. The molecule has 0 amide bonds. The van der Waals surface area contributed by atoms with Crippen LogP contribution in [0, 0.1) is 6.92 Å². The van der Waals surface area contributed by atoms with Crippen molar-refractivity contribution in [2.24, 2.45) is 0 Å². The quantitative estimate of drug-likeness (QED) is 0.789. The molecule has 2 heterocycles. The molecule has 0 aliphatic rings. The summed E-state index contributed by atoms with van der Waals surface area (Å²) in [4.78, 5) is 13.1. The normalized spacial score (nSPS) is 10.9. The van der Waals surface area contributed by atoms with Crippen LogP contribution in [0.5, 0.6) is 0 Å². The Balaban J connectivity index is 1.87. The number of fused-ring (bicyclic) bond motifs is 1. The van der Waals surface area contributed by atoms with E-state index in [0.29, 0.717) is 6.54 Å². The van der Waals surface area contributed by atoms with E-state index in [4.69, 9.17) is 0 Å². The van der Waals surface area contributed by atoms with E-state index in [1.54, 1.807) is 6.20 Å². The highest BCUT2D eigenvalue weighted by atomic mass is 15.1. The third-order valence-electron chi connectivity index (χ3n) is 3.25. The van der Waals surface area contributed by atoms with Crippen LogP contribution in [-0.4, -0.2) is 19.5 Å². The van der Waals surface area contributed by atoms with Crippen molar-refractivity contribution in [2.45, 2.75) is 26.9 Å². The molecule has 0 radical (unpaired) electrons. The molecule has 0 unspecified atom stereocenters. The molecule has 1 N–H and O–H groups in total. The van der Waals surface area contributed by atoms with Crippen LogP contribution < -0.4 is 5.32 Å². The van der Waals surface area contributed by atoms with Gasteiger partial charge in [0.2, 0.25) is 0 Å². The molecule has 5 heteroatoms. The summed E-state index contributed by atoms with van der Waals surface area (Å²) in [5.41, 5.74) is 2.20. The van der Waals surface area contributed by atoms with Crippen LogP contribution in [0.3, 0.4) is 0 Å². The first-order valence-corrected chi connectivity index (χ1v) is 6.75. The second-order valence-electron chi connectivity index (χ2n) is 4.60. The van der Waals surface area contributed by atoms with Gasteiger partial charge in [-0.1, -0.05) is 12.1 Å². The summed E-state index contributed by atoms with van der Waals surface area (Å²) in [6, 6.07) is 10.1. The Morgan fingerprint density at radius 3 is 2.80 bits per heavy atom. The highest BCUT2D eigenvalue weighted by molar-refractivity contribution is 5.75. The number of rotatable bonds is 4. The van der Waals surface area contributed by atoms with E-state index < -0.39 is 0 Å². The highest BCUT2D eigenvalue weighted by Crippen LogP contribution is 2.16. The largest absolute Gasteiger partial charge is 0.363 e.